The van der Waals surface area contributed by atoms with E-state index in [1.54, 1.807) is 11.3 Å². The van der Waals surface area contributed by atoms with Crippen LogP contribution in [-0.4, -0.2) is 17.6 Å². The van der Waals surface area contributed by atoms with E-state index >= 15 is 0 Å². The Morgan fingerprint density at radius 2 is 1.81 bits per heavy atom. The van der Waals surface area contributed by atoms with Crippen molar-refractivity contribution in [2.45, 2.75) is 57.8 Å². The smallest absolute Gasteiger partial charge is 0.358 e. The molecular weight excluding hydrogens is 282 g/mol. The third kappa shape index (κ3) is 2.14. The molecule has 0 saturated heterocycles. The topological polar surface area (TPSA) is 39.2 Å². The highest BCUT2D eigenvalue weighted by atomic mass is 32.1. The highest BCUT2D eigenvalue weighted by molar-refractivity contribution is 7.12. The molecule has 4 fully saturated rings. The van der Waals surface area contributed by atoms with E-state index in [2.05, 4.69) is 0 Å². The molecule has 0 atom stereocenters. The molecule has 0 radical (unpaired) electrons. The molecule has 0 N–H and O–H groups in total. The second-order valence-electron chi connectivity index (χ2n) is 7.34. The van der Waals surface area contributed by atoms with Gasteiger partial charge < -0.3 is 4.74 Å². The molecule has 4 aliphatic rings. The molecule has 114 valence electrons. The number of hydrogen-bond acceptors (Lipinski definition) is 4. The molecule has 0 unspecified atom stereocenters. The number of carbonyl (C=O) groups is 1. The normalized spacial score (nSPS) is 37.0. The molecule has 0 spiro atoms. The molecule has 4 heteroatoms. The van der Waals surface area contributed by atoms with E-state index < -0.39 is 0 Å². The minimum Gasteiger partial charge on any atom is -0.461 e. The van der Waals surface area contributed by atoms with Crippen LogP contribution in [0.1, 0.15) is 65.8 Å². The molecule has 1 heterocycles. The lowest BCUT2D eigenvalue weighted by atomic mass is 9.50. The van der Waals surface area contributed by atoms with Crippen molar-refractivity contribution < 1.29 is 9.53 Å². The van der Waals surface area contributed by atoms with Gasteiger partial charge in [0.25, 0.3) is 0 Å². The van der Waals surface area contributed by atoms with Crippen molar-refractivity contribution in [2.75, 3.05) is 6.61 Å². The molecule has 0 amide bonds. The molecule has 1 aromatic heterocycles. The first-order valence-corrected chi connectivity index (χ1v) is 9.06. The molecule has 0 aromatic carbocycles. The van der Waals surface area contributed by atoms with E-state index in [0.717, 1.165) is 22.6 Å². The van der Waals surface area contributed by atoms with E-state index in [4.69, 9.17) is 9.72 Å². The molecule has 5 rings (SSSR count). The third-order valence-corrected chi connectivity index (χ3v) is 6.97. The summed E-state index contributed by atoms with van der Waals surface area (Å²) in [5.74, 6) is 2.48. The summed E-state index contributed by atoms with van der Waals surface area (Å²) in [5, 5.41) is 1.22. The molecule has 4 aliphatic carbocycles. The summed E-state index contributed by atoms with van der Waals surface area (Å²) < 4.78 is 5.15. The summed E-state index contributed by atoms with van der Waals surface area (Å²) in [5.41, 5.74) is 0.849. The fourth-order valence-electron chi connectivity index (χ4n) is 5.38. The maximum atomic E-state index is 12.0. The minimum absolute atomic E-state index is 0.248. The van der Waals surface area contributed by atoms with Gasteiger partial charge in [0.2, 0.25) is 0 Å². The van der Waals surface area contributed by atoms with E-state index in [1.165, 1.54) is 43.5 Å². The second kappa shape index (κ2) is 4.80. The predicted octanol–water partition coefficient (Wildman–Crippen LogP) is 4.10. The van der Waals surface area contributed by atoms with E-state index in [0.29, 0.717) is 12.3 Å². The molecule has 4 saturated carbocycles. The zero-order chi connectivity index (χ0) is 14.6. The van der Waals surface area contributed by atoms with Gasteiger partial charge in [-0.25, -0.2) is 9.78 Å². The number of nitrogens with zero attached hydrogens (tertiary/aromatic N) is 1. The fourth-order valence-corrected chi connectivity index (χ4v) is 6.50. The van der Waals surface area contributed by atoms with E-state index in [9.17, 15) is 4.79 Å². The lowest BCUT2D eigenvalue weighted by molar-refractivity contribution is -0.00536. The summed E-state index contributed by atoms with van der Waals surface area (Å²) in [4.78, 5) is 17.8. The zero-order valence-corrected chi connectivity index (χ0v) is 13.7. The van der Waals surface area contributed by atoms with Crippen molar-refractivity contribution in [1.82, 2.24) is 4.98 Å². The summed E-state index contributed by atoms with van der Waals surface area (Å²) in [6, 6.07) is 0. The third-order valence-electron chi connectivity index (χ3n) is 5.76. The van der Waals surface area contributed by atoms with Crippen LogP contribution in [0.5, 0.6) is 0 Å². The Morgan fingerprint density at radius 1 is 1.24 bits per heavy atom. The van der Waals surface area contributed by atoms with Crippen molar-refractivity contribution in [1.29, 1.82) is 0 Å². The monoisotopic (exact) mass is 305 g/mol. The Hall–Kier alpha value is -0.900. The van der Waals surface area contributed by atoms with E-state index in [-0.39, 0.29) is 11.4 Å². The molecular formula is C17H23NO2S. The number of hydrogen-bond donors (Lipinski definition) is 0. The summed E-state index contributed by atoms with van der Waals surface area (Å²) >= 11 is 1.75. The SMILES string of the molecule is CCOC(=O)c1nc(C23CC4CC(CC(C4)C2)C3)sc1C. The number of aromatic nitrogens is 1. The van der Waals surface area contributed by atoms with Crippen LogP contribution in [0.4, 0.5) is 0 Å². The van der Waals surface area contributed by atoms with Crippen LogP contribution in [0.3, 0.4) is 0 Å². The van der Waals surface area contributed by atoms with Crippen LogP contribution in [0, 0.1) is 24.7 Å². The van der Waals surface area contributed by atoms with Gasteiger partial charge in [0.05, 0.1) is 11.6 Å². The average molecular weight is 305 g/mol. The van der Waals surface area contributed by atoms with E-state index in [1.807, 2.05) is 13.8 Å². The number of aryl methyl sites for hydroxylation is 1. The van der Waals surface area contributed by atoms with Gasteiger partial charge in [-0.15, -0.1) is 11.3 Å². The first kappa shape index (κ1) is 13.7. The van der Waals surface area contributed by atoms with Gasteiger partial charge in [0.15, 0.2) is 5.69 Å². The first-order valence-electron chi connectivity index (χ1n) is 8.24. The minimum atomic E-state index is -0.248. The van der Waals surface area contributed by atoms with Crippen LogP contribution in [-0.2, 0) is 10.2 Å². The Bertz CT molecular complexity index is 542. The van der Waals surface area contributed by atoms with Crippen LogP contribution >= 0.6 is 11.3 Å². The number of thiazole rings is 1. The zero-order valence-electron chi connectivity index (χ0n) is 12.9. The van der Waals surface area contributed by atoms with Gasteiger partial charge in [-0.2, -0.15) is 0 Å². The van der Waals surface area contributed by atoms with Crippen LogP contribution in [0.2, 0.25) is 0 Å². The molecule has 21 heavy (non-hydrogen) atoms. The maximum absolute atomic E-state index is 12.0. The molecule has 4 bridgehead atoms. The van der Waals surface area contributed by atoms with Gasteiger partial charge in [-0.3, -0.25) is 0 Å². The second-order valence-corrected chi connectivity index (χ2v) is 8.55. The number of ether oxygens (including phenoxy) is 1. The van der Waals surface area contributed by atoms with Gasteiger partial charge >= 0.3 is 5.97 Å². The van der Waals surface area contributed by atoms with Gasteiger partial charge in [0.1, 0.15) is 0 Å². The Balaban J connectivity index is 1.67. The van der Waals surface area contributed by atoms with Crippen LogP contribution in [0.15, 0.2) is 0 Å². The molecule has 1 aromatic rings. The largest absolute Gasteiger partial charge is 0.461 e. The highest BCUT2D eigenvalue weighted by Crippen LogP contribution is 2.61. The lowest BCUT2D eigenvalue weighted by Gasteiger charge is -2.56. The fraction of sp³-hybridized carbons (Fsp3) is 0.765. The number of rotatable bonds is 3. The average Bonchev–Trinajstić information content (AvgIpc) is 2.80. The maximum Gasteiger partial charge on any atom is 0.358 e. The molecule has 0 aliphatic heterocycles. The molecule has 3 nitrogen and oxygen atoms in total. The Morgan fingerprint density at radius 3 is 2.33 bits per heavy atom. The Labute approximate surface area is 130 Å². The van der Waals surface area contributed by atoms with Crippen molar-refractivity contribution in [3.05, 3.63) is 15.6 Å². The van der Waals surface area contributed by atoms with Crippen molar-refractivity contribution in [3.8, 4) is 0 Å². The standard InChI is InChI=1S/C17H23NO2S/c1-3-20-15(19)14-10(2)21-16(18-14)17-7-11-4-12(8-17)6-13(5-11)9-17/h11-13H,3-9H2,1-2H3. The van der Waals surface area contributed by atoms with Crippen molar-refractivity contribution >= 4 is 17.3 Å². The predicted molar refractivity (Wildman–Crippen MR) is 82.7 cm³/mol. The quantitative estimate of drug-likeness (QED) is 0.789. The number of carbonyl (C=O) groups excluding carboxylic acids is 1. The highest BCUT2D eigenvalue weighted by Gasteiger charge is 2.53. The Kier molecular flexibility index (Phi) is 3.14. The first-order chi connectivity index (χ1) is 10.1. The van der Waals surface area contributed by atoms with Crippen LogP contribution in [0.25, 0.3) is 0 Å². The van der Waals surface area contributed by atoms with Crippen molar-refractivity contribution in [2.24, 2.45) is 17.8 Å². The number of esters is 1. The van der Waals surface area contributed by atoms with Crippen molar-refractivity contribution in [3.63, 3.8) is 0 Å². The summed E-state index contributed by atoms with van der Waals surface area (Å²) in [7, 11) is 0. The van der Waals surface area contributed by atoms with Gasteiger partial charge in [0, 0.05) is 10.3 Å². The summed E-state index contributed by atoms with van der Waals surface area (Å²) in [6.45, 7) is 4.27. The van der Waals surface area contributed by atoms with Gasteiger partial charge in [-0.1, -0.05) is 0 Å². The van der Waals surface area contributed by atoms with Crippen LogP contribution < -0.4 is 0 Å². The van der Waals surface area contributed by atoms with Gasteiger partial charge in [-0.05, 0) is 70.1 Å². The lowest BCUT2D eigenvalue weighted by Crippen LogP contribution is -2.48. The summed E-state index contributed by atoms with van der Waals surface area (Å²) in [6.07, 6.45) is 8.22.